The Morgan fingerprint density at radius 3 is 2.02 bits per heavy atom. The van der Waals surface area contributed by atoms with Gasteiger partial charge in [0.2, 0.25) is 29.4 Å². The predicted octanol–water partition coefficient (Wildman–Crippen LogP) is 1.18. The Morgan fingerprint density at radius 2 is 1.43 bits per heavy atom. The molecule has 6 N–H and O–H groups in total. The number of rotatable bonds is 16. The molecule has 3 saturated carbocycles. The highest BCUT2D eigenvalue weighted by molar-refractivity contribution is 6.38. The zero-order valence-corrected chi connectivity index (χ0v) is 32.4. The number of ketones is 1. The van der Waals surface area contributed by atoms with Gasteiger partial charge in [0, 0.05) is 12.1 Å². The average molecular weight is 762 g/mol. The van der Waals surface area contributed by atoms with Crippen LogP contribution in [0.5, 0.6) is 0 Å². The van der Waals surface area contributed by atoms with Crippen LogP contribution in [0.25, 0.3) is 0 Å². The quantitative estimate of drug-likeness (QED) is 0.123. The Hall–Kier alpha value is -4.44. The number of carbonyl (C=O) groups is 8. The molecule has 7 atom stereocenters. The zero-order chi connectivity index (χ0) is 39.7. The third-order valence-electron chi connectivity index (χ3n) is 11.0. The van der Waals surface area contributed by atoms with E-state index in [0.717, 1.165) is 52.7 Å². The summed E-state index contributed by atoms with van der Waals surface area (Å²) in [7, 11) is 2.27. The van der Waals surface area contributed by atoms with Gasteiger partial charge in [-0.1, -0.05) is 53.4 Å². The van der Waals surface area contributed by atoms with E-state index in [4.69, 9.17) is 0 Å². The number of carbonyl (C=O) groups excluding carboxylic acids is 8. The van der Waals surface area contributed by atoms with Gasteiger partial charge in [-0.3, -0.25) is 28.8 Å². The fourth-order valence-corrected chi connectivity index (χ4v) is 7.92. The Balaban J connectivity index is 1.55. The van der Waals surface area contributed by atoms with Crippen LogP contribution in [-0.2, 0) is 38.2 Å². The van der Waals surface area contributed by atoms with Crippen molar-refractivity contribution in [3.8, 4) is 0 Å². The van der Waals surface area contributed by atoms with Gasteiger partial charge in [0.05, 0.1) is 26.8 Å². The lowest BCUT2D eigenvalue weighted by Gasteiger charge is -2.41. The maximum atomic E-state index is 14.7. The number of ether oxygens (including phenoxy) is 2. The molecule has 4 rings (SSSR count). The molecule has 1 heterocycles. The number of nitrogens with zero attached hydrogens (tertiary/aromatic N) is 1. The molecule has 302 valence electrons. The number of nitrogens with one attached hydrogen (secondary N) is 6. The van der Waals surface area contributed by atoms with E-state index in [-0.39, 0.29) is 36.9 Å². The molecule has 1 unspecified atom stereocenters. The van der Waals surface area contributed by atoms with E-state index >= 15 is 0 Å². The summed E-state index contributed by atoms with van der Waals surface area (Å²) >= 11 is 0. The number of hydrogen-bond donors (Lipinski definition) is 6. The topological polar surface area (TPSA) is 230 Å². The van der Waals surface area contributed by atoms with E-state index in [2.05, 4.69) is 41.4 Å². The number of methoxy groups -OCH3 is 2. The first kappa shape index (κ1) is 42.3. The number of likely N-dealkylation sites (tertiary alicyclic amines) is 1. The highest BCUT2D eigenvalue weighted by atomic mass is 16.5. The van der Waals surface area contributed by atoms with Crippen molar-refractivity contribution in [3.63, 3.8) is 0 Å². The molecule has 1 aliphatic heterocycles. The third kappa shape index (κ3) is 10.8. The summed E-state index contributed by atoms with van der Waals surface area (Å²) in [4.78, 5) is 108. The number of fused-ring (bicyclic) bond motifs is 2. The number of hydrogen-bond acceptors (Lipinski definition) is 10. The van der Waals surface area contributed by atoms with E-state index in [1.54, 1.807) is 25.7 Å². The summed E-state index contributed by atoms with van der Waals surface area (Å²) in [5, 5.41) is 16.0. The third-order valence-corrected chi connectivity index (χ3v) is 11.0. The van der Waals surface area contributed by atoms with Crippen LogP contribution in [0.4, 0.5) is 9.59 Å². The van der Waals surface area contributed by atoms with Gasteiger partial charge < -0.3 is 46.3 Å². The SMILES string of the molecule is CCCC(NC(=O)[C@@H]1[C@@H]2CC[C@@H](C2)N1C(=O)[C@@H](NC(=O)[C@@H](NC(=O)[C@H](CNC(=O)OC)NC(=O)OC)C1CCCCC1)C(C)(C)C)C(=O)C(=O)NC1CC1. The molecule has 4 aliphatic rings. The fourth-order valence-electron chi connectivity index (χ4n) is 7.92. The van der Waals surface area contributed by atoms with Gasteiger partial charge in [-0.15, -0.1) is 0 Å². The van der Waals surface area contributed by atoms with Gasteiger partial charge in [-0.2, -0.15) is 0 Å². The monoisotopic (exact) mass is 761 g/mol. The Morgan fingerprint density at radius 1 is 0.759 bits per heavy atom. The van der Waals surface area contributed by atoms with Gasteiger partial charge in [-0.25, -0.2) is 9.59 Å². The average Bonchev–Trinajstić information content (AvgIpc) is 3.71. The van der Waals surface area contributed by atoms with Crippen LogP contribution in [0.3, 0.4) is 0 Å². The molecule has 0 aromatic carbocycles. The normalized spacial score (nSPS) is 23.1. The molecule has 17 nitrogen and oxygen atoms in total. The zero-order valence-electron chi connectivity index (χ0n) is 32.4. The second-order valence-corrected chi connectivity index (χ2v) is 16.1. The number of amides is 7. The number of alkyl carbamates (subject to hydrolysis) is 2. The van der Waals surface area contributed by atoms with Gasteiger partial charge in [-0.05, 0) is 68.6 Å². The predicted molar refractivity (Wildman–Crippen MR) is 194 cm³/mol. The molecule has 3 aliphatic carbocycles. The van der Waals surface area contributed by atoms with Crippen molar-refractivity contribution in [3.05, 3.63) is 0 Å². The molecular weight excluding hydrogens is 702 g/mol. The molecule has 0 aromatic heterocycles. The lowest BCUT2D eigenvalue weighted by atomic mass is 9.81. The highest BCUT2D eigenvalue weighted by Crippen LogP contribution is 2.44. The van der Waals surface area contributed by atoms with E-state index < -0.39 is 83.1 Å². The van der Waals surface area contributed by atoms with Crippen LogP contribution < -0.4 is 31.9 Å². The Kier molecular flexibility index (Phi) is 14.7. The van der Waals surface area contributed by atoms with Gasteiger partial charge in [0.25, 0.3) is 5.91 Å². The van der Waals surface area contributed by atoms with Crippen LogP contribution in [0.15, 0.2) is 0 Å². The number of Topliss-reactive ketones (excluding diaryl/α,β-unsaturated/α-hetero) is 1. The van der Waals surface area contributed by atoms with Crippen molar-refractivity contribution in [2.24, 2.45) is 17.3 Å². The van der Waals surface area contributed by atoms with Crippen LogP contribution in [0.2, 0.25) is 0 Å². The summed E-state index contributed by atoms with van der Waals surface area (Å²) in [6.07, 6.45) is 6.57. The second kappa shape index (κ2) is 18.7. The first-order chi connectivity index (χ1) is 25.6. The van der Waals surface area contributed by atoms with Crippen molar-refractivity contribution < 1.29 is 47.8 Å². The lowest BCUT2D eigenvalue weighted by molar-refractivity contribution is -0.149. The van der Waals surface area contributed by atoms with Gasteiger partial charge in [0.1, 0.15) is 24.2 Å². The van der Waals surface area contributed by atoms with E-state index in [0.29, 0.717) is 32.1 Å². The summed E-state index contributed by atoms with van der Waals surface area (Å²) in [5.41, 5.74) is -0.836. The fraction of sp³-hybridized carbons (Fsp3) is 0.784. The van der Waals surface area contributed by atoms with Crippen molar-refractivity contribution in [2.75, 3.05) is 20.8 Å². The number of piperidine rings is 1. The minimum Gasteiger partial charge on any atom is -0.453 e. The molecule has 0 aromatic rings. The molecule has 4 fully saturated rings. The van der Waals surface area contributed by atoms with Crippen LogP contribution in [0, 0.1) is 17.3 Å². The summed E-state index contributed by atoms with van der Waals surface area (Å²) in [6.45, 7) is 6.91. The lowest BCUT2D eigenvalue weighted by Crippen LogP contribution is -2.64. The second-order valence-electron chi connectivity index (χ2n) is 16.1. The molecule has 1 saturated heterocycles. The molecule has 17 heteroatoms. The molecule has 2 bridgehead atoms. The minimum atomic E-state index is -1.32. The Labute approximate surface area is 316 Å². The van der Waals surface area contributed by atoms with E-state index in [1.165, 1.54) is 0 Å². The first-order valence-electron chi connectivity index (χ1n) is 19.3. The van der Waals surface area contributed by atoms with E-state index in [9.17, 15) is 38.4 Å². The molecule has 54 heavy (non-hydrogen) atoms. The van der Waals surface area contributed by atoms with Crippen LogP contribution in [0.1, 0.15) is 105 Å². The summed E-state index contributed by atoms with van der Waals surface area (Å²) < 4.78 is 9.25. The molecule has 0 spiro atoms. The molecular formula is C37H59N7O10. The standard InChI is InChI=1S/C37H59N7O10/c1-7-11-24(28(45)33(49)39-22-15-16-22)40-32(48)27-21-14-17-23(18-21)44(27)34(50)29(37(2,3)4)43-31(47)26(20-12-9-8-10-13-20)42-30(46)25(41-36(52)54-6)19-38-35(51)53-5/h20-27,29H,7-19H2,1-6H3,(H,38,51)(H,39,49)(H,40,48)(H,41,52)(H,42,46)(H,43,47)/t21-,23+,24?,25+,26+,27+,29-/m1/s1. The maximum Gasteiger partial charge on any atom is 0.407 e. The minimum absolute atomic E-state index is 0.0183. The van der Waals surface area contributed by atoms with Crippen molar-refractivity contribution in [2.45, 2.75) is 147 Å². The van der Waals surface area contributed by atoms with Crippen molar-refractivity contribution in [1.29, 1.82) is 0 Å². The smallest absolute Gasteiger partial charge is 0.407 e. The molecule has 0 radical (unpaired) electrons. The van der Waals surface area contributed by atoms with Crippen molar-refractivity contribution in [1.82, 2.24) is 36.8 Å². The largest absolute Gasteiger partial charge is 0.453 e. The van der Waals surface area contributed by atoms with Gasteiger partial charge in [0.15, 0.2) is 0 Å². The maximum absolute atomic E-state index is 14.7. The Bertz CT molecular complexity index is 1420. The van der Waals surface area contributed by atoms with E-state index in [1.807, 2.05) is 6.92 Å². The molecule has 7 amide bonds. The summed E-state index contributed by atoms with van der Waals surface area (Å²) in [6, 6.07) is -5.71. The van der Waals surface area contributed by atoms with Crippen LogP contribution in [-0.4, -0.2) is 115 Å². The summed E-state index contributed by atoms with van der Waals surface area (Å²) in [5.74, 6) is -4.17. The van der Waals surface area contributed by atoms with Crippen LogP contribution >= 0.6 is 0 Å². The highest BCUT2D eigenvalue weighted by Gasteiger charge is 2.54. The first-order valence-corrected chi connectivity index (χ1v) is 19.3. The van der Waals surface area contributed by atoms with Crippen molar-refractivity contribution >= 4 is 47.5 Å². The van der Waals surface area contributed by atoms with Gasteiger partial charge >= 0.3 is 12.2 Å².